The molecule has 110 valence electrons. The molecule has 0 spiro atoms. The summed E-state index contributed by atoms with van der Waals surface area (Å²) >= 11 is 0. The van der Waals surface area contributed by atoms with Gasteiger partial charge in [0.1, 0.15) is 0 Å². The van der Waals surface area contributed by atoms with Crippen LogP contribution in [0.15, 0.2) is 24.3 Å². The molecule has 0 fully saturated rings. The molecule has 20 heavy (non-hydrogen) atoms. The Labute approximate surface area is 111 Å². The van der Waals surface area contributed by atoms with E-state index in [1.54, 1.807) is 5.48 Å². The summed E-state index contributed by atoms with van der Waals surface area (Å²) in [6.07, 6.45) is -2.40. The molecule has 0 bridgehead atoms. The van der Waals surface area contributed by atoms with Gasteiger partial charge in [0.15, 0.2) is 18.2 Å². The summed E-state index contributed by atoms with van der Waals surface area (Å²) in [5, 5.41) is 0. The number of amides is 1. The number of alkyl halides is 3. The van der Waals surface area contributed by atoms with Gasteiger partial charge in [-0.3, -0.25) is 9.63 Å². The normalized spacial score (nSPS) is 11.7. The number of hydroxylamine groups is 1. The maximum absolute atomic E-state index is 13.3. The fourth-order valence-electron chi connectivity index (χ4n) is 1.18. The van der Waals surface area contributed by atoms with Crippen molar-refractivity contribution in [1.29, 1.82) is 0 Å². The Hall–Kier alpha value is -2.09. The van der Waals surface area contributed by atoms with E-state index < -0.39 is 24.5 Å². The maximum Gasteiger partial charge on any atom is 0.414 e. The first kappa shape index (κ1) is 16.0. The second-order valence-corrected chi connectivity index (χ2v) is 3.60. The number of rotatable bonds is 5. The van der Waals surface area contributed by atoms with Crippen molar-refractivity contribution in [2.24, 2.45) is 0 Å². The molecule has 8 heteroatoms. The van der Waals surface area contributed by atoms with E-state index in [1.165, 1.54) is 25.3 Å². The van der Waals surface area contributed by atoms with Crippen molar-refractivity contribution in [2.45, 2.75) is 6.18 Å². The molecule has 1 aromatic rings. The van der Waals surface area contributed by atoms with Crippen LogP contribution in [0.4, 0.5) is 17.6 Å². The summed E-state index contributed by atoms with van der Waals surface area (Å²) in [4.78, 5) is 15.0. The SMILES string of the molecule is COc1ccc(/C=C/C(=O)NOCC(F)(F)F)cc1F. The van der Waals surface area contributed by atoms with Crippen molar-refractivity contribution >= 4 is 12.0 Å². The lowest BCUT2D eigenvalue weighted by Gasteiger charge is -2.06. The zero-order valence-corrected chi connectivity index (χ0v) is 10.3. The quantitative estimate of drug-likeness (QED) is 0.515. The number of ether oxygens (including phenoxy) is 1. The van der Waals surface area contributed by atoms with Crippen molar-refractivity contribution in [1.82, 2.24) is 5.48 Å². The van der Waals surface area contributed by atoms with Gasteiger partial charge in [-0.05, 0) is 23.8 Å². The van der Waals surface area contributed by atoms with Crippen LogP contribution in [0.1, 0.15) is 5.56 Å². The van der Waals surface area contributed by atoms with Crippen molar-refractivity contribution in [3.63, 3.8) is 0 Å². The van der Waals surface area contributed by atoms with Crippen molar-refractivity contribution in [2.75, 3.05) is 13.7 Å². The van der Waals surface area contributed by atoms with Gasteiger partial charge in [0.25, 0.3) is 5.91 Å². The molecule has 0 unspecified atom stereocenters. The largest absolute Gasteiger partial charge is 0.494 e. The zero-order chi connectivity index (χ0) is 15.2. The van der Waals surface area contributed by atoms with Gasteiger partial charge in [-0.15, -0.1) is 0 Å². The molecule has 1 N–H and O–H groups in total. The van der Waals surface area contributed by atoms with Gasteiger partial charge in [0.2, 0.25) is 0 Å². The summed E-state index contributed by atoms with van der Waals surface area (Å²) in [6.45, 7) is -1.59. The number of nitrogens with one attached hydrogen (secondary N) is 1. The number of benzene rings is 1. The number of carbonyl (C=O) groups excluding carboxylic acids is 1. The lowest BCUT2D eigenvalue weighted by Crippen LogP contribution is -2.28. The molecule has 4 nitrogen and oxygen atoms in total. The molecule has 1 amide bonds. The minimum atomic E-state index is -4.53. The third kappa shape index (κ3) is 5.70. The van der Waals surface area contributed by atoms with Crippen LogP contribution in [0.5, 0.6) is 5.75 Å². The molecule has 0 aliphatic carbocycles. The van der Waals surface area contributed by atoms with E-state index in [1.807, 2.05) is 0 Å². The van der Waals surface area contributed by atoms with Crippen LogP contribution in [0.2, 0.25) is 0 Å². The Morgan fingerprint density at radius 1 is 1.40 bits per heavy atom. The number of halogens is 4. The van der Waals surface area contributed by atoms with Gasteiger partial charge >= 0.3 is 6.18 Å². The second kappa shape index (κ2) is 6.90. The van der Waals surface area contributed by atoms with Gasteiger partial charge < -0.3 is 4.74 Å². The maximum atomic E-state index is 13.3. The smallest absolute Gasteiger partial charge is 0.414 e. The summed E-state index contributed by atoms with van der Waals surface area (Å²) in [5.74, 6) is -1.48. The van der Waals surface area contributed by atoms with Gasteiger partial charge in [-0.1, -0.05) is 6.07 Å². The topological polar surface area (TPSA) is 47.6 Å². The molecule has 1 rings (SSSR count). The molecule has 0 saturated heterocycles. The Morgan fingerprint density at radius 2 is 2.10 bits per heavy atom. The molecule has 1 aromatic carbocycles. The van der Waals surface area contributed by atoms with E-state index in [9.17, 15) is 22.4 Å². The predicted octanol–water partition coefficient (Wildman–Crippen LogP) is 2.46. The van der Waals surface area contributed by atoms with E-state index in [4.69, 9.17) is 4.74 Å². The average molecular weight is 293 g/mol. The van der Waals surface area contributed by atoms with Gasteiger partial charge in [0, 0.05) is 6.08 Å². The van der Waals surface area contributed by atoms with Gasteiger partial charge in [0.05, 0.1) is 7.11 Å². The van der Waals surface area contributed by atoms with E-state index in [2.05, 4.69) is 4.84 Å². The van der Waals surface area contributed by atoms with Crippen molar-refractivity contribution in [3.8, 4) is 5.75 Å². The highest BCUT2D eigenvalue weighted by molar-refractivity contribution is 5.90. The van der Waals surface area contributed by atoms with Crippen molar-refractivity contribution < 1.29 is 31.9 Å². The van der Waals surface area contributed by atoms with Crippen LogP contribution in [0, 0.1) is 5.82 Å². The first-order valence-electron chi connectivity index (χ1n) is 5.32. The van der Waals surface area contributed by atoms with E-state index >= 15 is 0 Å². The van der Waals surface area contributed by atoms with E-state index in [-0.39, 0.29) is 5.75 Å². The Morgan fingerprint density at radius 3 is 2.65 bits per heavy atom. The lowest BCUT2D eigenvalue weighted by atomic mass is 10.2. The first-order chi connectivity index (χ1) is 9.31. The summed E-state index contributed by atoms with van der Waals surface area (Å²) in [5.41, 5.74) is 1.92. The minimum absolute atomic E-state index is 0.0418. The number of hydrogen-bond donors (Lipinski definition) is 1. The lowest BCUT2D eigenvalue weighted by molar-refractivity contribution is -0.190. The third-order valence-corrected chi connectivity index (χ3v) is 2.01. The molecule has 0 atom stereocenters. The second-order valence-electron chi connectivity index (χ2n) is 3.60. The zero-order valence-electron chi connectivity index (χ0n) is 10.3. The molecule has 0 aliphatic heterocycles. The summed E-state index contributed by atoms with van der Waals surface area (Å²) < 4.78 is 53.2. The minimum Gasteiger partial charge on any atom is -0.494 e. The number of methoxy groups -OCH3 is 1. The monoisotopic (exact) mass is 293 g/mol. The van der Waals surface area contributed by atoms with E-state index in [0.717, 1.165) is 12.1 Å². The Balaban J connectivity index is 2.51. The summed E-state index contributed by atoms with van der Waals surface area (Å²) in [7, 11) is 1.30. The Bertz CT molecular complexity index is 500. The van der Waals surface area contributed by atoms with Crippen molar-refractivity contribution in [3.05, 3.63) is 35.7 Å². The molecule has 0 aliphatic rings. The molecule has 0 radical (unpaired) electrons. The molecule has 0 aromatic heterocycles. The van der Waals surface area contributed by atoms with Gasteiger partial charge in [-0.2, -0.15) is 13.2 Å². The average Bonchev–Trinajstić information content (AvgIpc) is 2.35. The highest BCUT2D eigenvalue weighted by Gasteiger charge is 2.28. The predicted molar refractivity (Wildman–Crippen MR) is 62.1 cm³/mol. The van der Waals surface area contributed by atoms with Crippen LogP contribution in [-0.4, -0.2) is 25.8 Å². The number of carbonyl (C=O) groups is 1. The fourth-order valence-corrected chi connectivity index (χ4v) is 1.18. The molecular formula is C12H11F4NO3. The van der Waals surface area contributed by atoms with Crippen LogP contribution in [0.3, 0.4) is 0 Å². The van der Waals surface area contributed by atoms with Gasteiger partial charge in [-0.25, -0.2) is 9.87 Å². The van der Waals surface area contributed by atoms with Crippen LogP contribution in [-0.2, 0) is 9.63 Å². The fraction of sp³-hybridized carbons (Fsp3) is 0.250. The summed E-state index contributed by atoms with van der Waals surface area (Å²) in [6, 6.07) is 3.94. The highest BCUT2D eigenvalue weighted by Crippen LogP contribution is 2.18. The molecule has 0 heterocycles. The number of hydrogen-bond acceptors (Lipinski definition) is 3. The third-order valence-electron chi connectivity index (χ3n) is 2.01. The van der Waals surface area contributed by atoms with Crippen LogP contribution < -0.4 is 10.2 Å². The first-order valence-corrected chi connectivity index (χ1v) is 5.32. The molecule has 0 saturated carbocycles. The standard InChI is InChI=1S/C12H11F4NO3/c1-19-10-4-2-8(6-9(10)13)3-5-11(18)17-20-7-12(14,15)16/h2-6H,7H2,1H3,(H,17,18)/b5-3+. The highest BCUT2D eigenvalue weighted by atomic mass is 19.4. The Kier molecular flexibility index (Phi) is 5.51. The van der Waals surface area contributed by atoms with E-state index in [0.29, 0.717) is 5.56 Å². The van der Waals surface area contributed by atoms with Crippen LogP contribution in [0.25, 0.3) is 6.08 Å². The van der Waals surface area contributed by atoms with Crippen LogP contribution >= 0.6 is 0 Å². The molecular weight excluding hydrogens is 282 g/mol.